The van der Waals surface area contributed by atoms with Crippen LogP contribution in [0.1, 0.15) is 39.5 Å². The molecule has 2 rings (SSSR count). The smallest absolute Gasteiger partial charge is 0.320 e. The summed E-state index contributed by atoms with van der Waals surface area (Å²) in [7, 11) is 0. The second-order valence-electron chi connectivity index (χ2n) is 6.65. The molecule has 0 amide bonds. The van der Waals surface area contributed by atoms with Gasteiger partial charge in [-0.1, -0.05) is 12.8 Å². The van der Waals surface area contributed by atoms with Crippen LogP contribution in [-0.4, -0.2) is 36.7 Å². The van der Waals surface area contributed by atoms with Gasteiger partial charge in [0.2, 0.25) is 0 Å². The van der Waals surface area contributed by atoms with Gasteiger partial charge < -0.3 is 14.2 Å². The lowest BCUT2D eigenvalue weighted by molar-refractivity contribution is -0.161. The first-order valence-electron chi connectivity index (χ1n) is 10.5. The number of unbranched alkanes of at least 4 members (excludes halogenated alkanes) is 2. The minimum atomic E-state index is -0.852. The predicted octanol–water partition coefficient (Wildman–Crippen LogP) is 5.18. The van der Waals surface area contributed by atoms with E-state index >= 15 is 0 Å². The molecule has 0 N–H and O–H groups in total. The van der Waals surface area contributed by atoms with Crippen molar-refractivity contribution < 1.29 is 23.8 Å². The highest BCUT2D eigenvalue weighted by Gasteiger charge is 2.28. The molecule has 0 saturated carbocycles. The van der Waals surface area contributed by atoms with Crippen LogP contribution in [0, 0.1) is 5.92 Å². The molecule has 8 heteroatoms. The second kappa shape index (κ2) is 13.8. The van der Waals surface area contributed by atoms with Gasteiger partial charge in [-0.2, -0.15) is 10.2 Å². The molecule has 0 aliphatic heterocycles. The van der Waals surface area contributed by atoms with E-state index in [1.54, 1.807) is 38.4 Å². The van der Waals surface area contributed by atoms with Crippen LogP contribution in [0.3, 0.4) is 0 Å². The molecule has 8 nitrogen and oxygen atoms in total. The maximum atomic E-state index is 12.0. The number of ether oxygens (including phenoxy) is 3. The Bertz CT molecular complexity index is 807. The molecular formula is C23H29N3O5. The predicted molar refractivity (Wildman–Crippen MR) is 116 cm³/mol. The fourth-order valence-corrected chi connectivity index (χ4v) is 2.77. The lowest BCUT2D eigenvalue weighted by atomic mass is 10.0. The van der Waals surface area contributed by atoms with Gasteiger partial charge in [-0.15, -0.1) is 0 Å². The van der Waals surface area contributed by atoms with Crippen molar-refractivity contribution in [3.63, 3.8) is 0 Å². The van der Waals surface area contributed by atoms with Crippen molar-refractivity contribution >= 4 is 23.3 Å². The SMILES string of the molecule is CCOC(=O)C(CCCCCOc1ccc(N=Nc2ccncc2)cc1)C(=O)OCC. The van der Waals surface area contributed by atoms with Crippen molar-refractivity contribution in [2.45, 2.75) is 39.5 Å². The van der Waals surface area contributed by atoms with Crippen LogP contribution in [0.4, 0.5) is 11.4 Å². The molecule has 0 unspecified atom stereocenters. The van der Waals surface area contributed by atoms with E-state index in [-0.39, 0.29) is 13.2 Å². The molecule has 1 heterocycles. The molecule has 0 radical (unpaired) electrons. The van der Waals surface area contributed by atoms with Crippen molar-refractivity contribution in [1.29, 1.82) is 0 Å². The quantitative estimate of drug-likeness (QED) is 0.189. The van der Waals surface area contributed by atoms with Crippen LogP contribution >= 0.6 is 0 Å². The van der Waals surface area contributed by atoms with Gasteiger partial charge in [0.25, 0.3) is 0 Å². The van der Waals surface area contributed by atoms with Crippen molar-refractivity contribution in [2.75, 3.05) is 19.8 Å². The molecule has 31 heavy (non-hydrogen) atoms. The van der Waals surface area contributed by atoms with Crippen LogP contribution < -0.4 is 4.74 Å². The van der Waals surface area contributed by atoms with E-state index in [0.717, 1.165) is 30.0 Å². The van der Waals surface area contributed by atoms with Gasteiger partial charge in [0.1, 0.15) is 5.75 Å². The summed E-state index contributed by atoms with van der Waals surface area (Å²) in [6.45, 7) is 4.46. The van der Waals surface area contributed by atoms with E-state index in [1.807, 2.05) is 24.3 Å². The molecule has 0 bridgehead atoms. The van der Waals surface area contributed by atoms with E-state index in [2.05, 4.69) is 15.2 Å². The van der Waals surface area contributed by atoms with Gasteiger partial charge in [0.05, 0.1) is 31.2 Å². The van der Waals surface area contributed by atoms with Crippen molar-refractivity contribution in [3.05, 3.63) is 48.8 Å². The molecule has 0 atom stereocenters. The third-order valence-electron chi connectivity index (χ3n) is 4.33. The summed E-state index contributed by atoms with van der Waals surface area (Å²) in [5.41, 5.74) is 1.47. The summed E-state index contributed by atoms with van der Waals surface area (Å²) in [6, 6.07) is 10.9. The number of esters is 2. The van der Waals surface area contributed by atoms with Crippen LogP contribution in [0.15, 0.2) is 59.0 Å². The fourth-order valence-electron chi connectivity index (χ4n) is 2.77. The average Bonchev–Trinajstić information content (AvgIpc) is 2.79. The highest BCUT2D eigenvalue weighted by molar-refractivity contribution is 5.94. The third kappa shape index (κ3) is 8.94. The fraction of sp³-hybridized carbons (Fsp3) is 0.435. The minimum absolute atomic E-state index is 0.243. The van der Waals surface area contributed by atoms with Crippen molar-refractivity contribution in [2.24, 2.45) is 16.1 Å². The zero-order valence-electron chi connectivity index (χ0n) is 18.0. The molecule has 166 valence electrons. The number of hydrogen-bond acceptors (Lipinski definition) is 8. The van der Waals surface area contributed by atoms with Gasteiger partial charge >= 0.3 is 11.9 Å². The van der Waals surface area contributed by atoms with Crippen LogP contribution in [0.5, 0.6) is 5.75 Å². The Kier molecular flexibility index (Phi) is 10.7. The molecule has 0 saturated heterocycles. The number of carbonyl (C=O) groups is 2. The minimum Gasteiger partial charge on any atom is -0.494 e. The molecule has 1 aromatic heterocycles. The number of hydrogen-bond donors (Lipinski definition) is 0. The summed E-state index contributed by atoms with van der Waals surface area (Å²) in [6.07, 6.45) is 6.09. The van der Waals surface area contributed by atoms with E-state index in [9.17, 15) is 9.59 Å². The van der Waals surface area contributed by atoms with Gasteiger partial charge in [0, 0.05) is 12.4 Å². The average molecular weight is 428 g/mol. The Balaban J connectivity index is 1.69. The van der Waals surface area contributed by atoms with E-state index in [4.69, 9.17) is 14.2 Å². The molecule has 2 aromatic rings. The van der Waals surface area contributed by atoms with E-state index in [1.165, 1.54) is 0 Å². The number of pyridine rings is 1. The van der Waals surface area contributed by atoms with Crippen LogP contribution in [0.2, 0.25) is 0 Å². The lowest BCUT2D eigenvalue weighted by Crippen LogP contribution is -2.28. The van der Waals surface area contributed by atoms with Crippen LogP contribution in [0.25, 0.3) is 0 Å². The summed E-state index contributed by atoms with van der Waals surface area (Å²) >= 11 is 0. The largest absolute Gasteiger partial charge is 0.494 e. The van der Waals surface area contributed by atoms with E-state index < -0.39 is 17.9 Å². The second-order valence-corrected chi connectivity index (χ2v) is 6.65. The summed E-state index contributed by atoms with van der Waals surface area (Å²) in [4.78, 5) is 27.8. The number of benzene rings is 1. The summed E-state index contributed by atoms with van der Waals surface area (Å²) in [5.74, 6) is -1.13. The highest BCUT2D eigenvalue weighted by atomic mass is 16.6. The van der Waals surface area contributed by atoms with Gasteiger partial charge in [-0.05, 0) is 63.1 Å². The van der Waals surface area contributed by atoms with E-state index in [0.29, 0.717) is 19.4 Å². The molecule has 1 aromatic carbocycles. The number of aromatic nitrogens is 1. The molecular weight excluding hydrogens is 398 g/mol. The maximum Gasteiger partial charge on any atom is 0.320 e. The van der Waals surface area contributed by atoms with Gasteiger partial charge in [-0.3, -0.25) is 14.6 Å². The highest BCUT2D eigenvalue weighted by Crippen LogP contribution is 2.21. The zero-order chi connectivity index (χ0) is 22.3. The topological polar surface area (TPSA) is 99.4 Å². The first-order chi connectivity index (χ1) is 15.1. The van der Waals surface area contributed by atoms with Gasteiger partial charge in [-0.25, -0.2) is 0 Å². The lowest BCUT2D eigenvalue weighted by Gasteiger charge is -2.14. The normalized spacial score (nSPS) is 10.9. The Hall–Kier alpha value is -3.29. The van der Waals surface area contributed by atoms with Gasteiger partial charge in [0.15, 0.2) is 5.92 Å². The standard InChI is InChI=1S/C23H29N3O5/c1-3-29-22(27)21(23(28)30-4-2)8-6-5-7-17-31-20-11-9-18(10-12-20)25-26-19-13-15-24-16-14-19/h9-16,21H,3-8,17H2,1-2H3. The molecule has 0 spiro atoms. The Morgan fingerprint density at radius 3 is 2.00 bits per heavy atom. The number of carbonyl (C=O) groups excluding carboxylic acids is 2. The summed E-state index contributed by atoms with van der Waals surface area (Å²) in [5, 5.41) is 8.32. The molecule has 0 aliphatic rings. The molecule has 0 aliphatic carbocycles. The first kappa shape index (κ1) is 24.0. The van der Waals surface area contributed by atoms with Crippen molar-refractivity contribution in [1.82, 2.24) is 4.98 Å². The number of azo groups is 1. The Morgan fingerprint density at radius 2 is 1.42 bits per heavy atom. The third-order valence-corrected chi connectivity index (χ3v) is 4.33. The first-order valence-corrected chi connectivity index (χ1v) is 10.5. The maximum absolute atomic E-state index is 12.0. The number of rotatable bonds is 13. The Morgan fingerprint density at radius 1 is 0.839 bits per heavy atom. The zero-order valence-corrected chi connectivity index (χ0v) is 18.0. The van der Waals surface area contributed by atoms with Crippen LogP contribution in [-0.2, 0) is 19.1 Å². The summed E-state index contributed by atoms with van der Waals surface area (Å²) < 4.78 is 15.7. The van der Waals surface area contributed by atoms with Crippen molar-refractivity contribution in [3.8, 4) is 5.75 Å². The monoisotopic (exact) mass is 427 g/mol. The number of nitrogens with zero attached hydrogens (tertiary/aromatic N) is 3. The molecule has 0 fully saturated rings. The Labute approximate surface area is 182 Å².